The zero-order valence-electron chi connectivity index (χ0n) is 15.8. The molecule has 1 aromatic heterocycles. The number of nitrogens with one attached hydrogen (secondary N) is 1. The van der Waals surface area contributed by atoms with Crippen molar-refractivity contribution in [1.82, 2.24) is 15.2 Å². The summed E-state index contributed by atoms with van der Waals surface area (Å²) in [5.41, 5.74) is 7.82. The van der Waals surface area contributed by atoms with Crippen molar-refractivity contribution in [2.45, 2.75) is 27.3 Å². The van der Waals surface area contributed by atoms with Crippen LogP contribution in [-0.4, -0.2) is 21.9 Å². The van der Waals surface area contributed by atoms with E-state index in [2.05, 4.69) is 46.8 Å². The molecule has 0 radical (unpaired) electrons. The Balaban J connectivity index is 1.73. The van der Waals surface area contributed by atoms with Crippen molar-refractivity contribution in [2.75, 3.05) is 0 Å². The number of halogens is 2. The van der Waals surface area contributed by atoms with Gasteiger partial charge in [-0.1, -0.05) is 53.0 Å². The van der Waals surface area contributed by atoms with Crippen LogP contribution in [0, 0.1) is 20.8 Å². The first-order valence-electron chi connectivity index (χ1n) is 8.73. The lowest BCUT2D eigenvalue weighted by atomic mass is 10.1. The monoisotopic (exact) mass is 414 g/mol. The topological polar surface area (TPSA) is 59.3 Å². The Morgan fingerprint density at radius 3 is 2.57 bits per heavy atom. The van der Waals surface area contributed by atoms with Crippen LogP contribution >= 0.6 is 23.2 Å². The van der Waals surface area contributed by atoms with E-state index in [0.29, 0.717) is 16.6 Å². The van der Waals surface area contributed by atoms with Gasteiger partial charge in [0.15, 0.2) is 0 Å². The zero-order chi connectivity index (χ0) is 20.3. The van der Waals surface area contributed by atoms with Gasteiger partial charge in [-0.2, -0.15) is 10.2 Å². The molecule has 0 saturated carbocycles. The number of benzene rings is 2. The van der Waals surface area contributed by atoms with Crippen LogP contribution < -0.4 is 5.43 Å². The number of hydrogen-bond acceptors (Lipinski definition) is 3. The van der Waals surface area contributed by atoms with Gasteiger partial charge in [0.1, 0.15) is 0 Å². The molecule has 3 rings (SSSR count). The fourth-order valence-corrected chi connectivity index (χ4v) is 3.18. The molecule has 2 aromatic carbocycles. The predicted molar refractivity (Wildman–Crippen MR) is 114 cm³/mol. The highest BCUT2D eigenvalue weighted by Gasteiger charge is 2.12. The molecule has 5 nitrogen and oxygen atoms in total. The van der Waals surface area contributed by atoms with Gasteiger partial charge in [0, 0.05) is 16.3 Å². The van der Waals surface area contributed by atoms with Crippen molar-refractivity contribution in [3.05, 3.63) is 86.2 Å². The average Bonchev–Trinajstić information content (AvgIpc) is 2.92. The lowest BCUT2D eigenvalue weighted by Crippen LogP contribution is -2.18. The number of carbonyl (C=O) groups excluding carboxylic acids is 1. The first kappa shape index (κ1) is 20.1. The molecule has 0 fully saturated rings. The van der Waals surface area contributed by atoms with Crippen molar-refractivity contribution in [2.24, 2.45) is 5.10 Å². The Bertz CT molecular complexity index is 1040. The summed E-state index contributed by atoms with van der Waals surface area (Å²) in [7, 11) is 0. The van der Waals surface area contributed by atoms with Gasteiger partial charge in [0.25, 0.3) is 5.91 Å². The Morgan fingerprint density at radius 2 is 1.86 bits per heavy atom. The van der Waals surface area contributed by atoms with E-state index in [0.717, 1.165) is 17.0 Å². The lowest BCUT2D eigenvalue weighted by molar-refractivity contribution is 0.0955. The molecule has 0 aliphatic heterocycles. The highest BCUT2D eigenvalue weighted by atomic mass is 35.5. The first-order valence-corrected chi connectivity index (χ1v) is 9.48. The maximum atomic E-state index is 12.3. The number of rotatable bonds is 5. The van der Waals surface area contributed by atoms with Crippen molar-refractivity contribution in [1.29, 1.82) is 0 Å². The van der Waals surface area contributed by atoms with Crippen LogP contribution in [0.2, 0.25) is 10.0 Å². The van der Waals surface area contributed by atoms with Crippen LogP contribution in [0.4, 0.5) is 0 Å². The quantitative estimate of drug-likeness (QED) is 0.475. The van der Waals surface area contributed by atoms with E-state index >= 15 is 0 Å². The number of hydrogen-bond donors (Lipinski definition) is 1. The Morgan fingerprint density at radius 1 is 1.14 bits per heavy atom. The largest absolute Gasteiger partial charge is 0.272 e. The second kappa shape index (κ2) is 8.59. The minimum absolute atomic E-state index is 0.273. The summed E-state index contributed by atoms with van der Waals surface area (Å²) < 4.78 is 1.93. The molecule has 3 aromatic rings. The summed E-state index contributed by atoms with van der Waals surface area (Å²) in [4.78, 5) is 12.3. The van der Waals surface area contributed by atoms with Crippen LogP contribution in [0.1, 0.15) is 38.4 Å². The molecule has 28 heavy (non-hydrogen) atoms. The van der Waals surface area contributed by atoms with Gasteiger partial charge in [0.2, 0.25) is 0 Å². The summed E-state index contributed by atoms with van der Waals surface area (Å²) in [6, 6.07) is 13.1. The molecule has 0 atom stereocenters. The van der Waals surface area contributed by atoms with Crippen LogP contribution in [-0.2, 0) is 6.54 Å². The Kier molecular flexibility index (Phi) is 6.17. The number of carbonyl (C=O) groups is 1. The maximum absolute atomic E-state index is 12.3. The Hall–Kier alpha value is -2.63. The standard InChI is InChI=1S/C21H20Cl2N4O/c1-13-4-6-16(7-5-13)12-27-15(3)19(14(2)26-27)11-24-25-21(28)18-10-17(22)8-9-20(18)23/h4-11H,12H2,1-3H3,(H,25,28)/b24-11-. The lowest BCUT2D eigenvalue weighted by Gasteiger charge is -2.05. The molecule has 1 N–H and O–H groups in total. The minimum Gasteiger partial charge on any atom is -0.267 e. The Labute approximate surface area is 174 Å². The third-order valence-electron chi connectivity index (χ3n) is 4.42. The molecule has 0 aliphatic rings. The molecule has 0 aliphatic carbocycles. The van der Waals surface area contributed by atoms with Gasteiger partial charge in [-0.25, -0.2) is 5.43 Å². The summed E-state index contributed by atoms with van der Waals surface area (Å²) in [5, 5.41) is 9.39. The van der Waals surface area contributed by atoms with E-state index in [1.54, 1.807) is 18.3 Å². The number of aromatic nitrogens is 2. The van der Waals surface area contributed by atoms with Gasteiger partial charge >= 0.3 is 0 Å². The smallest absolute Gasteiger partial charge is 0.267 e. The average molecular weight is 415 g/mol. The molecular formula is C21H20Cl2N4O. The summed E-state index contributed by atoms with van der Waals surface area (Å²) in [6.07, 6.45) is 1.60. The van der Waals surface area contributed by atoms with E-state index in [1.165, 1.54) is 17.2 Å². The molecule has 1 heterocycles. The number of hydrazone groups is 1. The van der Waals surface area contributed by atoms with Gasteiger partial charge in [-0.3, -0.25) is 9.48 Å². The van der Waals surface area contributed by atoms with Crippen molar-refractivity contribution >= 4 is 35.3 Å². The van der Waals surface area contributed by atoms with Crippen molar-refractivity contribution in [3.63, 3.8) is 0 Å². The third kappa shape index (κ3) is 4.61. The van der Waals surface area contributed by atoms with E-state index in [1.807, 2.05) is 18.5 Å². The SMILES string of the molecule is Cc1ccc(Cn2nc(C)c(/C=N\NC(=O)c3cc(Cl)ccc3Cl)c2C)cc1. The van der Waals surface area contributed by atoms with Gasteiger partial charge in [0.05, 0.1) is 29.0 Å². The molecule has 0 saturated heterocycles. The van der Waals surface area contributed by atoms with Gasteiger partial charge in [-0.15, -0.1) is 0 Å². The van der Waals surface area contributed by atoms with Crippen LogP contribution in [0.25, 0.3) is 0 Å². The van der Waals surface area contributed by atoms with Gasteiger partial charge in [-0.05, 0) is 44.5 Å². The minimum atomic E-state index is -0.425. The summed E-state index contributed by atoms with van der Waals surface area (Å²) >= 11 is 12.0. The second-order valence-corrected chi connectivity index (χ2v) is 7.39. The molecular weight excluding hydrogens is 395 g/mol. The first-order chi connectivity index (χ1) is 13.3. The molecule has 144 valence electrons. The maximum Gasteiger partial charge on any atom is 0.272 e. The normalized spacial score (nSPS) is 11.2. The number of aryl methyl sites for hydroxylation is 2. The highest BCUT2D eigenvalue weighted by Crippen LogP contribution is 2.20. The molecule has 0 bridgehead atoms. The third-order valence-corrected chi connectivity index (χ3v) is 4.99. The van der Waals surface area contributed by atoms with Crippen LogP contribution in [0.3, 0.4) is 0 Å². The fraction of sp³-hybridized carbons (Fsp3) is 0.190. The van der Waals surface area contributed by atoms with Crippen molar-refractivity contribution < 1.29 is 4.79 Å². The van der Waals surface area contributed by atoms with Crippen LogP contribution in [0.15, 0.2) is 47.6 Å². The summed E-state index contributed by atoms with van der Waals surface area (Å²) in [5.74, 6) is -0.425. The van der Waals surface area contributed by atoms with Crippen LogP contribution in [0.5, 0.6) is 0 Å². The second-order valence-electron chi connectivity index (χ2n) is 6.55. The summed E-state index contributed by atoms with van der Waals surface area (Å²) in [6.45, 7) is 6.62. The number of amides is 1. The highest BCUT2D eigenvalue weighted by molar-refractivity contribution is 6.35. The molecule has 0 unspecified atom stereocenters. The van der Waals surface area contributed by atoms with Crippen molar-refractivity contribution in [3.8, 4) is 0 Å². The molecule has 0 spiro atoms. The predicted octanol–water partition coefficient (Wildman–Crippen LogP) is 4.93. The molecule has 7 heteroatoms. The van der Waals surface area contributed by atoms with Gasteiger partial charge < -0.3 is 0 Å². The zero-order valence-corrected chi connectivity index (χ0v) is 17.3. The fourth-order valence-electron chi connectivity index (χ4n) is 2.81. The number of nitrogens with zero attached hydrogens (tertiary/aromatic N) is 3. The van der Waals surface area contributed by atoms with E-state index in [-0.39, 0.29) is 5.56 Å². The molecule has 1 amide bonds. The van der Waals surface area contributed by atoms with E-state index in [4.69, 9.17) is 23.2 Å². The van der Waals surface area contributed by atoms with E-state index < -0.39 is 5.91 Å². The van der Waals surface area contributed by atoms with E-state index in [9.17, 15) is 4.79 Å².